The van der Waals surface area contributed by atoms with Crippen LogP contribution in [0.4, 0.5) is 30.5 Å². The molecule has 2 aromatic heterocycles. The average Bonchev–Trinajstić information content (AvgIpc) is 3.67. The second-order valence-corrected chi connectivity index (χ2v) is 16.3. The van der Waals surface area contributed by atoms with Crippen LogP contribution in [-0.2, 0) is 24.4 Å². The summed E-state index contributed by atoms with van der Waals surface area (Å²) in [4.78, 5) is 15.6. The summed E-state index contributed by atoms with van der Waals surface area (Å²) < 4.78 is 41.1. The molecule has 202 valence electrons. The van der Waals surface area contributed by atoms with Crippen LogP contribution in [0.25, 0.3) is 0 Å². The van der Waals surface area contributed by atoms with E-state index < -0.39 is 26.4 Å². The third kappa shape index (κ3) is 5.70. The number of halogens is 3. The Kier molecular flexibility index (Phi) is 7.47. The van der Waals surface area contributed by atoms with E-state index in [4.69, 9.17) is 9.97 Å². The molecule has 0 unspecified atom stereocenters. The molecule has 0 amide bonds. The van der Waals surface area contributed by atoms with Crippen molar-refractivity contribution in [3.63, 3.8) is 0 Å². The molecule has 2 aliphatic rings. The molecule has 1 aliphatic carbocycles. The Morgan fingerprint density at radius 3 is 2.37 bits per heavy atom. The zero-order valence-electron chi connectivity index (χ0n) is 22.4. The summed E-state index contributed by atoms with van der Waals surface area (Å²) in [6.45, 7) is 4.93. The van der Waals surface area contributed by atoms with Gasteiger partial charge >= 0.3 is 180 Å². The van der Waals surface area contributed by atoms with Crippen LogP contribution in [-0.4, -0.2) is 42.7 Å². The molecule has 3 heterocycles. The van der Waals surface area contributed by atoms with Crippen molar-refractivity contribution in [1.82, 2.24) is 15.0 Å². The number of benzene rings is 1. The van der Waals surface area contributed by atoms with E-state index in [1.54, 1.807) is 4.90 Å². The molecule has 38 heavy (non-hydrogen) atoms. The molecule has 9 heteroatoms. The molecule has 1 fully saturated rings. The van der Waals surface area contributed by atoms with Gasteiger partial charge in [0, 0.05) is 6.20 Å². The Bertz CT molecular complexity index is 1290. The Balaban J connectivity index is 1.41. The van der Waals surface area contributed by atoms with Gasteiger partial charge in [-0.2, -0.15) is 13.2 Å². The van der Waals surface area contributed by atoms with Crippen LogP contribution in [0.5, 0.6) is 0 Å². The first kappa shape index (κ1) is 27.0. The number of fused-ring (bicyclic) bond motifs is 1. The van der Waals surface area contributed by atoms with Crippen molar-refractivity contribution in [3.8, 4) is 0 Å². The summed E-state index contributed by atoms with van der Waals surface area (Å²) >= 11 is -0.716. The summed E-state index contributed by atoms with van der Waals surface area (Å²) in [6.07, 6.45) is 0.596. The van der Waals surface area contributed by atoms with Gasteiger partial charge in [-0.3, -0.25) is 0 Å². The van der Waals surface area contributed by atoms with E-state index in [9.17, 15) is 13.2 Å². The van der Waals surface area contributed by atoms with Gasteiger partial charge < -0.3 is 0 Å². The molecule has 1 aromatic carbocycles. The van der Waals surface area contributed by atoms with Crippen LogP contribution in [0.2, 0.25) is 16.6 Å². The zero-order chi connectivity index (χ0) is 27.1. The Labute approximate surface area is 227 Å². The monoisotopic (exact) mass is 585 g/mol. The summed E-state index contributed by atoms with van der Waals surface area (Å²) in [6, 6.07) is 11.2. The predicted octanol–water partition coefficient (Wildman–Crippen LogP) is 7.15. The normalized spacial score (nSPS) is 16.9. The summed E-state index contributed by atoms with van der Waals surface area (Å²) in [5.74, 6) is 1.60. The number of pyridine rings is 1. The number of alkyl halides is 3. The average molecular weight is 586 g/mol. The third-order valence-electron chi connectivity index (χ3n) is 7.50. The molecule has 0 radical (unpaired) electrons. The van der Waals surface area contributed by atoms with Crippen molar-refractivity contribution in [2.45, 2.75) is 73.7 Å². The van der Waals surface area contributed by atoms with Crippen molar-refractivity contribution < 1.29 is 13.2 Å². The minimum absolute atomic E-state index is 0.0198. The minimum atomic E-state index is -4.46. The maximum atomic E-state index is 13.7. The van der Waals surface area contributed by atoms with Gasteiger partial charge in [0.1, 0.15) is 5.82 Å². The second kappa shape index (κ2) is 10.5. The van der Waals surface area contributed by atoms with Crippen molar-refractivity contribution in [2.24, 2.45) is 0 Å². The number of aromatic nitrogens is 3. The van der Waals surface area contributed by atoms with Crippen LogP contribution in [0.3, 0.4) is 0 Å². The van der Waals surface area contributed by atoms with Crippen molar-refractivity contribution in [2.75, 3.05) is 23.3 Å². The second-order valence-electron chi connectivity index (χ2n) is 11.1. The Morgan fingerprint density at radius 1 is 1.03 bits per heavy atom. The molecule has 0 atom stereocenters. The molecule has 1 aliphatic heterocycles. The van der Waals surface area contributed by atoms with Gasteiger partial charge in [-0.1, -0.05) is 0 Å². The molecule has 1 saturated carbocycles. The third-order valence-corrected chi connectivity index (χ3v) is 10.1. The number of hydrogen-bond acceptors (Lipinski definition) is 5. The van der Waals surface area contributed by atoms with Crippen molar-refractivity contribution >= 4 is 32.0 Å². The summed E-state index contributed by atoms with van der Waals surface area (Å²) in [7, 11) is 0. The topological polar surface area (TPSA) is 53.9 Å². The van der Waals surface area contributed by atoms with Gasteiger partial charge in [0.15, 0.2) is 0 Å². The van der Waals surface area contributed by atoms with Gasteiger partial charge in [-0.25, -0.2) is 4.98 Å². The molecule has 0 saturated heterocycles. The number of nitrogens with zero attached hydrogens (tertiary/aromatic N) is 4. The van der Waals surface area contributed by atoms with E-state index in [0.717, 1.165) is 34.7 Å². The molecule has 0 spiro atoms. The first-order chi connectivity index (χ1) is 18.1. The standard InChI is InChI=1S/C29H35AsF3N5/c1-19(2)25-36-24-12-17-38(27-23(29(31,32)33)6-5-15-34-27)16-11-22(24)26(37-25)35-21-9-7-20(8-10-21)28(13-14-28)18-30(3)4/h5-10,15,19H,11-14,16-18H2,1-4H3,(H,35,36,37). The first-order valence-electron chi connectivity index (χ1n) is 13.2. The van der Waals surface area contributed by atoms with E-state index in [2.05, 4.69) is 59.8 Å². The number of rotatable bonds is 7. The number of hydrogen-bond donors (Lipinski definition) is 1. The fraction of sp³-hybridized carbons (Fsp3) is 0.483. The quantitative estimate of drug-likeness (QED) is 0.299. The van der Waals surface area contributed by atoms with E-state index >= 15 is 0 Å². The summed E-state index contributed by atoms with van der Waals surface area (Å²) in [5, 5.41) is 4.88. The van der Waals surface area contributed by atoms with E-state index in [1.165, 1.54) is 35.9 Å². The van der Waals surface area contributed by atoms with Crippen molar-refractivity contribution in [1.29, 1.82) is 0 Å². The fourth-order valence-electron chi connectivity index (χ4n) is 5.40. The number of anilines is 3. The van der Waals surface area contributed by atoms with Crippen LogP contribution in [0.15, 0.2) is 42.6 Å². The molecule has 3 aromatic rings. The van der Waals surface area contributed by atoms with Crippen LogP contribution in [0.1, 0.15) is 60.8 Å². The van der Waals surface area contributed by atoms with Crippen LogP contribution in [0, 0.1) is 0 Å². The van der Waals surface area contributed by atoms with Gasteiger partial charge in [0.05, 0.1) is 5.56 Å². The predicted molar refractivity (Wildman–Crippen MR) is 148 cm³/mol. The van der Waals surface area contributed by atoms with Gasteiger partial charge in [0.2, 0.25) is 0 Å². The maximum absolute atomic E-state index is 13.7. The van der Waals surface area contributed by atoms with Crippen LogP contribution < -0.4 is 10.2 Å². The molecular formula is C29H35AsF3N5. The Morgan fingerprint density at radius 2 is 1.74 bits per heavy atom. The zero-order valence-corrected chi connectivity index (χ0v) is 24.3. The van der Waals surface area contributed by atoms with Crippen molar-refractivity contribution in [3.05, 3.63) is 70.8 Å². The van der Waals surface area contributed by atoms with Gasteiger partial charge in [0.25, 0.3) is 0 Å². The molecule has 1 N–H and O–H groups in total. The van der Waals surface area contributed by atoms with Crippen LogP contribution >= 0.6 is 0 Å². The Hall–Kier alpha value is -2.60. The van der Waals surface area contributed by atoms with Gasteiger partial charge in [-0.05, 0) is 12.1 Å². The molecule has 5 nitrogen and oxygen atoms in total. The fourth-order valence-corrected chi connectivity index (χ4v) is 8.99. The van der Waals surface area contributed by atoms with E-state index in [1.807, 2.05) is 0 Å². The SMILES string of the molecule is CC(C)c1nc2c(c(Nc3ccc(C4(C[As](C)C)CC4)cc3)n1)CCN(c1ncccc1C(F)(F)F)CC2. The molecule has 0 bridgehead atoms. The van der Waals surface area contributed by atoms with E-state index in [0.29, 0.717) is 31.3 Å². The van der Waals surface area contributed by atoms with E-state index in [-0.39, 0.29) is 11.7 Å². The summed E-state index contributed by atoms with van der Waals surface area (Å²) in [5.41, 5.74) is 8.80. The first-order valence-corrected chi connectivity index (χ1v) is 18.3. The van der Waals surface area contributed by atoms with Gasteiger partial charge in [-0.15, -0.1) is 0 Å². The molecular weight excluding hydrogens is 550 g/mol. The number of nitrogens with one attached hydrogen (secondary N) is 1. The molecule has 5 rings (SSSR count).